The van der Waals surface area contributed by atoms with E-state index >= 15 is 0 Å². The van der Waals surface area contributed by atoms with Crippen LogP contribution in [0.15, 0.2) is 53.4 Å². The number of aromatic carboxylic acids is 1. The zero-order chi connectivity index (χ0) is 21.0. The van der Waals surface area contributed by atoms with Crippen molar-refractivity contribution in [3.8, 4) is 0 Å². The molecule has 3 aromatic rings. The predicted molar refractivity (Wildman–Crippen MR) is 115 cm³/mol. The van der Waals surface area contributed by atoms with Crippen LogP contribution in [0.4, 0.5) is 4.39 Å². The highest BCUT2D eigenvalue weighted by Crippen LogP contribution is 2.24. The number of carboxylic acid groups (broad SMARTS) is 1. The van der Waals surface area contributed by atoms with Crippen molar-refractivity contribution >= 4 is 17.7 Å². The van der Waals surface area contributed by atoms with Crippen molar-refractivity contribution in [2.24, 2.45) is 0 Å². The summed E-state index contributed by atoms with van der Waals surface area (Å²) in [6.07, 6.45) is 2.04. The van der Waals surface area contributed by atoms with Crippen molar-refractivity contribution in [2.75, 3.05) is 6.26 Å². The van der Waals surface area contributed by atoms with Crippen LogP contribution in [-0.4, -0.2) is 21.9 Å². The molecule has 0 aliphatic carbocycles. The van der Waals surface area contributed by atoms with Gasteiger partial charge in [0.2, 0.25) is 0 Å². The average molecular weight is 413 g/mol. The molecule has 1 heterocycles. The molecule has 0 fully saturated rings. The highest BCUT2D eigenvalue weighted by atomic mass is 32.2. The third kappa shape index (κ3) is 4.89. The molecule has 0 radical (unpaired) electrons. The Kier molecular flexibility index (Phi) is 6.77. The van der Waals surface area contributed by atoms with Crippen molar-refractivity contribution in [1.29, 1.82) is 0 Å². The van der Waals surface area contributed by atoms with E-state index < -0.39 is 5.97 Å². The van der Waals surface area contributed by atoms with Crippen molar-refractivity contribution in [3.63, 3.8) is 0 Å². The molecule has 4 nitrogen and oxygen atoms in total. The summed E-state index contributed by atoms with van der Waals surface area (Å²) in [6.45, 7) is 5.27. The number of halogens is 1. The molecule has 0 unspecified atom stereocenters. The molecular weight excluding hydrogens is 387 g/mol. The van der Waals surface area contributed by atoms with Gasteiger partial charge >= 0.3 is 5.97 Å². The Morgan fingerprint density at radius 1 is 1.07 bits per heavy atom. The summed E-state index contributed by atoms with van der Waals surface area (Å²) >= 11 is 1.70. The summed E-state index contributed by atoms with van der Waals surface area (Å²) < 4.78 is 15.5. The first-order valence-corrected chi connectivity index (χ1v) is 10.6. The maximum absolute atomic E-state index is 13.5. The van der Waals surface area contributed by atoms with Gasteiger partial charge in [-0.25, -0.2) is 9.18 Å². The Morgan fingerprint density at radius 2 is 1.79 bits per heavy atom. The number of hydrogen-bond acceptors (Lipinski definition) is 3. The number of thioether (sulfide) groups is 1. The van der Waals surface area contributed by atoms with Crippen molar-refractivity contribution in [2.45, 2.75) is 38.4 Å². The fourth-order valence-electron chi connectivity index (χ4n) is 3.58. The smallest absolute Gasteiger partial charge is 0.337 e. The molecule has 152 valence electrons. The summed E-state index contributed by atoms with van der Waals surface area (Å²) in [5, 5.41) is 13.1. The van der Waals surface area contributed by atoms with E-state index in [1.165, 1.54) is 17.0 Å². The summed E-state index contributed by atoms with van der Waals surface area (Å²) in [4.78, 5) is 13.1. The molecule has 2 N–H and O–H groups in total. The van der Waals surface area contributed by atoms with Gasteiger partial charge in [0.25, 0.3) is 0 Å². The lowest BCUT2D eigenvalue weighted by atomic mass is 10.1. The third-order valence-corrected chi connectivity index (χ3v) is 5.89. The lowest BCUT2D eigenvalue weighted by molar-refractivity contribution is 0.0694. The molecule has 29 heavy (non-hydrogen) atoms. The normalized spacial score (nSPS) is 11.0. The number of carboxylic acids is 1. The van der Waals surface area contributed by atoms with Crippen LogP contribution < -0.4 is 5.32 Å². The summed E-state index contributed by atoms with van der Waals surface area (Å²) in [5.74, 6) is -1.23. The first-order chi connectivity index (χ1) is 13.9. The Bertz CT molecular complexity index is 1010. The lowest BCUT2D eigenvalue weighted by Gasteiger charge is -2.11. The first-order valence-electron chi connectivity index (χ1n) is 9.40. The van der Waals surface area contributed by atoms with Gasteiger partial charge < -0.3 is 15.0 Å². The van der Waals surface area contributed by atoms with E-state index in [2.05, 4.69) is 29.6 Å². The second-order valence-electron chi connectivity index (χ2n) is 7.00. The van der Waals surface area contributed by atoms with Crippen LogP contribution in [0, 0.1) is 19.7 Å². The topological polar surface area (TPSA) is 54.3 Å². The molecule has 0 aliphatic heterocycles. The number of carbonyl (C=O) groups is 1. The summed E-state index contributed by atoms with van der Waals surface area (Å²) in [6, 6.07) is 14.7. The van der Waals surface area contributed by atoms with Crippen LogP contribution in [0.1, 0.15) is 38.4 Å². The zero-order valence-electron chi connectivity index (χ0n) is 16.8. The van der Waals surface area contributed by atoms with Crippen molar-refractivity contribution in [3.05, 3.63) is 88.0 Å². The fraction of sp³-hybridized carbons (Fsp3) is 0.261. The van der Waals surface area contributed by atoms with Gasteiger partial charge in [0, 0.05) is 41.5 Å². The fourth-order valence-corrected chi connectivity index (χ4v) is 3.99. The second-order valence-corrected chi connectivity index (χ2v) is 7.88. The number of aromatic nitrogens is 1. The number of hydrogen-bond donors (Lipinski definition) is 2. The largest absolute Gasteiger partial charge is 0.478 e. The molecule has 0 spiro atoms. The van der Waals surface area contributed by atoms with Crippen LogP contribution in [0.5, 0.6) is 0 Å². The van der Waals surface area contributed by atoms with E-state index in [-0.39, 0.29) is 5.82 Å². The number of rotatable bonds is 8. The minimum absolute atomic E-state index is 0.294. The van der Waals surface area contributed by atoms with Gasteiger partial charge in [-0.2, -0.15) is 0 Å². The van der Waals surface area contributed by atoms with Gasteiger partial charge in [0.15, 0.2) is 0 Å². The Balaban J connectivity index is 1.80. The van der Waals surface area contributed by atoms with Crippen LogP contribution >= 0.6 is 11.8 Å². The van der Waals surface area contributed by atoms with E-state index in [0.717, 1.165) is 22.4 Å². The molecule has 2 aromatic carbocycles. The zero-order valence-corrected chi connectivity index (χ0v) is 17.6. The molecular formula is C23H25FN2O2S. The van der Waals surface area contributed by atoms with Crippen molar-refractivity contribution in [1.82, 2.24) is 9.88 Å². The maximum atomic E-state index is 13.5. The highest BCUT2D eigenvalue weighted by molar-refractivity contribution is 7.98. The van der Waals surface area contributed by atoms with E-state index in [1.807, 2.05) is 23.8 Å². The Morgan fingerprint density at radius 3 is 2.41 bits per heavy atom. The summed E-state index contributed by atoms with van der Waals surface area (Å²) in [5.41, 5.74) is 4.61. The minimum atomic E-state index is -0.940. The third-order valence-electron chi connectivity index (χ3n) is 5.14. The van der Waals surface area contributed by atoms with Gasteiger partial charge in [-0.3, -0.25) is 0 Å². The highest BCUT2D eigenvalue weighted by Gasteiger charge is 2.22. The van der Waals surface area contributed by atoms with Crippen LogP contribution in [-0.2, 0) is 19.6 Å². The van der Waals surface area contributed by atoms with Gasteiger partial charge in [0.05, 0.1) is 5.56 Å². The monoisotopic (exact) mass is 412 g/mol. The van der Waals surface area contributed by atoms with E-state index in [1.54, 1.807) is 24.8 Å². The molecule has 1 aromatic heterocycles. The van der Waals surface area contributed by atoms with E-state index in [9.17, 15) is 14.3 Å². The molecule has 3 rings (SSSR count). The number of nitrogens with one attached hydrogen (secondary N) is 1. The quantitative estimate of drug-likeness (QED) is 0.511. The standard InChI is InChI=1S/C23H25FN2O2S/c1-15-21(13-25-12-17-7-9-20(29-3)10-8-17)22(23(27)28)16(2)26(15)14-18-5-4-6-19(24)11-18/h4-11,25H,12-14H2,1-3H3,(H,27,28). The number of nitrogens with zero attached hydrogens (tertiary/aromatic N) is 1. The Labute approximate surface area is 174 Å². The van der Waals surface area contributed by atoms with Gasteiger partial charge in [-0.1, -0.05) is 24.3 Å². The Hall–Kier alpha value is -2.57. The molecule has 0 bridgehead atoms. The molecule has 0 saturated carbocycles. The van der Waals surface area contributed by atoms with Crippen LogP contribution in [0.3, 0.4) is 0 Å². The van der Waals surface area contributed by atoms with Gasteiger partial charge in [-0.05, 0) is 55.5 Å². The lowest BCUT2D eigenvalue weighted by Crippen LogP contribution is -2.15. The molecule has 0 aliphatic rings. The molecule has 0 atom stereocenters. The first kappa shape index (κ1) is 21.1. The van der Waals surface area contributed by atoms with Gasteiger partial charge in [-0.15, -0.1) is 11.8 Å². The van der Waals surface area contributed by atoms with Crippen LogP contribution in [0.2, 0.25) is 0 Å². The maximum Gasteiger partial charge on any atom is 0.337 e. The van der Waals surface area contributed by atoms with Gasteiger partial charge in [0.1, 0.15) is 5.82 Å². The van der Waals surface area contributed by atoms with Crippen LogP contribution in [0.25, 0.3) is 0 Å². The average Bonchev–Trinajstić information content (AvgIpc) is 2.93. The van der Waals surface area contributed by atoms with E-state index in [0.29, 0.717) is 30.9 Å². The SMILES string of the molecule is CSc1ccc(CNCc2c(C(=O)O)c(C)n(Cc3cccc(F)c3)c2C)cc1. The molecule has 6 heteroatoms. The minimum Gasteiger partial charge on any atom is -0.478 e. The second kappa shape index (κ2) is 9.29. The molecule has 0 saturated heterocycles. The molecule has 0 amide bonds. The van der Waals surface area contributed by atoms with Crippen molar-refractivity contribution < 1.29 is 14.3 Å². The number of benzene rings is 2. The summed E-state index contributed by atoms with van der Waals surface area (Å²) in [7, 11) is 0. The van der Waals surface area contributed by atoms with E-state index in [4.69, 9.17) is 0 Å². The predicted octanol–water partition coefficient (Wildman–Crippen LogP) is 5.00.